The number of amides is 1. The van der Waals surface area contributed by atoms with Gasteiger partial charge in [0.15, 0.2) is 0 Å². The monoisotopic (exact) mass is 329 g/mol. The first-order chi connectivity index (χ1) is 11.1. The van der Waals surface area contributed by atoms with Gasteiger partial charge in [0.05, 0.1) is 0 Å². The molecule has 0 aliphatic carbocycles. The molecule has 0 spiro atoms. The van der Waals surface area contributed by atoms with E-state index in [2.05, 4.69) is 24.9 Å². The van der Waals surface area contributed by atoms with Crippen molar-refractivity contribution in [3.05, 3.63) is 48.2 Å². The van der Waals surface area contributed by atoms with Gasteiger partial charge in [-0.2, -0.15) is 0 Å². The molecule has 3 rings (SSSR count). The summed E-state index contributed by atoms with van der Waals surface area (Å²) in [5, 5.41) is 10.5. The van der Waals surface area contributed by atoms with Crippen molar-refractivity contribution in [3.63, 3.8) is 0 Å². The van der Waals surface area contributed by atoms with Crippen molar-refractivity contribution in [2.75, 3.05) is 6.54 Å². The average Bonchev–Trinajstić information content (AvgIpc) is 3.24. The number of carbonyl (C=O) groups is 1. The minimum Gasteiger partial charge on any atom is -0.411 e. The predicted molar refractivity (Wildman–Crippen MR) is 85.0 cm³/mol. The van der Waals surface area contributed by atoms with Crippen LogP contribution in [0.1, 0.15) is 30.1 Å². The van der Waals surface area contributed by atoms with E-state index in [0.29, 0.717) is 12.4 Å². The topological polar surface area (TPSA) is 93.8 Å². The van der Waals surface area contributed by atoms with Gasteiger partial charge in [0.25, 0.3) is 5.89 Å². The van der Waals surface area contributed by atoms with Crippen LogP contribution in [0.4, 0.5) is 0 Å². The van der Waals surface area contributed by atoms with Gasteiger partial charge >= 0.3 is 11.8 Å². The summed E-state index contributed by atoms with van der Waals surface area (Å²) in [7, 11) is 0. The van der Waals surface area contributed by atoms with E-state index >= 15 is 0 Å². The first kappa shape index (κ1) is 15.3. The molecule has 0 unspecified atom stereocenters. The van der Waals surface area contributed by atoms with E-state index in [1.807, 2.05) is 26.0 Å². The molecule has 7 nitrogen and oxygen atoms in total. The maximum absolute atomic E-state index is 12.2. The van der Waals surface area contributed by atoms with E-state index in [0.717, 1.165) is 10.4 Å². The summed E-state index contributed by atoms with van der Waals surface area (Å²) in [5.41, 5.74) is 0.779. The molecule has 118 valence electrons. The summed E-state index contributed by atoms with van der Waals surface area (Å²) in [6.45, 7) is 4.48. The smallest absolute Gasteiger partial charge is 0.308 e. The lowest BCUT2D eigenvalue weighted by Gasteiger charge is -2.24. The minimum atomic E-state index is -0.398. The fourth-order valence-corrected chi connectivity index (χ4v) is 2.50. The summed E-state index contributed by atoms with van der Waals surface area (Å²) in [5.74, 6) is -0.162. The molecule has 0 aliphatic heterocycles. The van der Waals surface area contributed by atoms with Crippen molar-refractivity contribution in [1.82, 2.24) is 24.9 Å². The zero-order valence-electron chi connectivity index (χ0n) is 12.7. The van der Waals surface area contributed by atoms with E-state index in [4.69, 9.17) is 4.42 Å². The lowest BCUT2D eigenvalue weighted by molar-refractivity contribution is 0.0911. The Labute approximate surface area is 137 Å². The Morgan fingerprint density at radius 2 is 2.17 bits per heavy atom. The Hall–Kier alpha value is -2.61. The Kier molecular flexibility index (Phi) is 4.16. The van der Waals surface area contributed by atoms with Crippen molar-refractivity contribution >= 4 is 17.4 Å². The fourth-order valence-electron chi connectivity index (χ4n) is 1.98. The van der Waals surface area contributed by atoms with Crippen LogP contribution in [0, 0.1) is 0 Å². The summed E-state index contributed by atoms with van der Waals surface area (Å²) in [6.07, 6.45) is 5.15. The highest BCUT2D eigenvalue weighted by molar-refractivity contribution is 7.09. The zero-order chi connectivity index (χ0) is 16.3. The molecule has 23 heavy (non-hydrogen) atoms. The summed E-state index contributed by atoms with van der Waals surface area (Å²) in [4.78, 5) is 17.0. The van der Waals surface area contributed by atoms with E-state index in [-0.39, 0.29) is 11.3 Å². The Bertz CT molecular complexity index is 783. The van der Waals surface area contributed by atoms with Gasteiger partial charge in [-0.15, -0.1) is 10.2 Å². The molecule has 0 saturated heterocycles. The quantitative estimate of drug-likeness (QED) is 0.772. The summed E-state index contributed by atoms with van der Waals surface area (Å²) in [6, 6.07) is 5.61. The minimum absolute atomic E-state index is 0.0598. The largest absolute Gasteiger partial charge is 0.411 e. The predicted octanol–water partition coefficient (Wildman–Crippen LogP) is 2.30. The maximum atomic E-state index is 12.2. The molecule has 3 aromatic rings. The highest BCUT2D eigenvalue weighted by Gasteiger charge is 2.24. The van der Waals surface area contributed by atoms with Crippen LogP contribution < -0.4 is 5.32 Å². The molecule has 0 saturated carbocycles. The Morgan fingerprint density at radius 1 is 1.30 bits per heavy atom. The average molecular weight is 329 g/mol. The Balaban J connectivity index is 1.66. The first-order valence-electron chi connectivity index (χ1n) is 6.99. The van der Waals surface area contributed by atoms with Crippen LogP contribution >= 0.6 is 11.5 Å². The fraction of sp³-hybridized carbons (Fsp3) is 0.267. The highest BCUT2D eigenvalue weighted by Crippen LogP contribution is 2.22. The van der Waals surface area contributed by atoms with Crippen molar-refractivity contribution in [2.24, 2.45) is 0 Å². The molecule has 0 atom stereocenters. The standard InChI is InChI=1S/C15H15N5O2S/c1-15(2,10-4-3-6-16-8-10)9-17-12(21)14-20-19-13(22-14)11-5-7-18-23-11/h3-8H,9H2,1-2H3,(H,17,21). The van der Waals surface area contributed by atoms with Crippen molar-refractivity contribution in [3.8, 4) is 10.8 Å². The van der Waals surface area contributed by atoms with Crippen LogP contribution in [0.15, 0.2) is 41.2 Å². The zero-order valence-corrected chi connectivity index (χ0v) is 13.5. The molecule has 1 N–H and O–H groups in total. The number of pyridine rings is 1. The molecule has 0 aliphatic rings. The molecule has 1 amide bonds. The summed E-state index contributed by atoms with van der Waals surface area (Å²) < 4.78 is 9.35. The molecule has 3 heterocycles. The van der Waals surface area contributed by atoms with Crippen LogP contribution in [-0.2, 0) is 5.41 Å². The van der Waals surface area contributed by atoms with E-state index < -0.39 is 5.91 Å². The molecule has 0 aromatic carbocycles. The van der Waals surface area contributed by atoms with Crippen LogP contribution in [0.5, 0.6) is 0 Å². The lowest BCUT2D eigenvalue weighted by Crippen LogP contribution is -2.36. The maximum Gasteiger partial charge on any atom is 0.308 e. The number of aromatic nitrogens is 4. The molecule has 0 bridgehead atoms. The van der Waals surface area contributed by atoms with Crippen molar-refractivity contribution < 1.29 is 9.21 Å². The molecule has 8 heteroatoms. The first-order valence-corrected chi connectivity index (χ1v) is 7.77. The van der Waals surface area contributed by atoms with Crippen LogP contribution in [-0.4, -0.2) is 32.0 Å². The van der Waals surface area contributed by atoms with Crippen molar-refractivity contribution in [2.45, 2.75) is 19.3 Å². The molecular formula is C15H15N5O2S. The lowest BCUT2D eigenvalue weighted by atomic mass is 9.86. The molecule has 0 radical (unpaired) electrons. The summed E-state index contributed by atoms with van der Waals surface area (Å²) >= 11 is 1.23. The number of hydrogen-bond acceptors (Lipinski definition) is 7. The second-order valence-corrected chi connectivity index (χ2v) is 6.43. The normalized spacial score (nSPS) is 11.4. The van der Waals surface area contributed by atoms with E-state index in [9.17, 15) is 4.79 Å². The van der Waals surface area contributed by atoms with Crippen LogP contribution in [0.3, 0.4) is 0 Å². The van der Waals surface area contributed by atoms with Gasteiger partial charge in [-0.1, -0.05) is 19.9 Å². The number of nitrogens with one attached hydrogen (secondary N) is 1. The van der Waals surface area contributed by atoms with Gasteiger partial charge in [0, 0.05) is 30.6 Å². The Morgan fingerprint density at radius 3 is 2.87 bits per heavy atom. The number of hydrogen-bond donors (Lipinski definition) is 1. The van der Waals surface area contributed by atoms with E-state index in [1.165, 1.54) is 11.5 Å². The third-order valence-corrected chi connectivity index (χ3v) is 4.14. The number of rotatable bonds is 5. The molecular weight excluding hydrogens is 314 g/mol. The van der Waals surface area contributed by atoms with Crippen molar-refractivity contribution in [1.29, 1.82) is 0 Å². The third kappa shape index (κ3) is 3.42. The third-order valence-electron chi connectivity index (χ3n) is 3.40. The van der Waals surface area contributed by atoms with Gasteiger partial charge in [-0.3, -0.25) is 9.78 Å². The van der Waals surface area contributed by atoms with Crippen LogP contribution in [0.2, 0.25) is 0 Å². The van der Waals surface area contributed by atoms with Gasteiger partial charge in [-0.05, 0) is 29.2 Å². The highest BCUT2D eigenvalue weighted by atomic mass is 32.1. The SMILES string of the molecule is CC(C)(CNC(=O)c1nnc(-c2ccns2)o1)c1cccnc1. The van der Waals surface area contributed by atoms with Gasteiger partial charge in [-0.25, -0.2) is 4.37 Å². The van der Waals surface area contributed by atoms with Crippen LogP contribution in [0.25, 0.3) is 10.8 Å². The van der Waals surface area contributed by atoms with Gasteiger partial charge in [0.2, 0.25) is 0 Å². The molecule has 0 fully saturated rings. The molecule has 3 aromatic heterocycles. The number of nitrogens with zero attached hydrogens (tertiary/aromatic N) is 4. The second kappa shape index (κ2) is 6.25. The van der Waals surface area contributed by atoms with Gasteiger partial charge in [0.1, 0.15) is 4.88 Å². The second-order valence-electron chi connectivity index (χ2n) is 5.60. The van der Waals surface area contributed by atoms with Gasteiger partial charge < -0.3 is 9.73 Å². The number of carbonyl (C=O) groups excluding carboxylic acids is 1. The van der Waals surface area contributed by atoms with E-state index in [1.54, 1.807) is 24.7 Å².